The molecule has 1 heterocycles. The van der Waals surface area contributed by atoms with E-state index in [0.717, 1.165) is 17.7 Å². The van der Waals surface area contributed by atoms with Crippen molar-refractivity contribution in [2.45, 2.75) is 13.8 Å². The number of aldehydes is 1. The number of anilines is 1. The quantitative estimate of drug-likeness (QED) is 0.461. The summed E-state index contributed by atoms with van der Waals surface area (Å²) in [4.78, 5) is 16.8. The van der Waals surface area contributed by atoms with Crippen LogP contribution in [0, 0.1) is 17.2 Å². The Kier molecular flexibility index (Phi) is 5.49. The highest BCUT2D eigenvalue weighted by atomic mass is 16.1. The maximum atomic E-state index is 10.8. The Hall–Kier alpha value is -2.41. The van der Waals surface area contributed by atoms with Crippen LogP contribution >= 0.6 is 0 Å². The number of carbonyl (C=O) groups is 1. The molecule has 1 rings (SSSR count). The standard InChI is InChI=1S/C15H17N3O/c1-12(2)14(11-19)5-4-8-18(3)15-7-6-13(9-16)10-17-15/h4-8,10-12H,1-3H3/b8-4-,14-5+. The largest absolute Gasteiger partial charge is 0.336 e. The molecule has 0 bridgehead atoms. The van der Waals surface area contributed by atoms with Gasteiger partial charge in [0.25, 0.3) is 0 Å². The van der Waals surface area contributed by atoms with E-state index in [1.54, 1.807) is 18.2 Å². The van der Waals surface area contributed by atoms with Crippen LogP contribution in [-0.2, 0) is 4.79 Å². The zero-order valence-electron chi connectivity index (χ0n) is 11.4. The van der Waals surface area contributed by atoms with Crippen molar-refractivity contribution in [1.29, 1.82) is 5.26 Å². The molecule has 0 aliphatic heterocycles. The lowest BCUT2D eigenvalue weighted by Crippen LogP contribution is -2.09. The van der Waals surface area contributed by atoms with Gasteiger partial charge in [-0.15, -0.1) is 0 Å². The van der Waals surface area contributed by atoms with Crippen molar-refractivity contribution in [3.8, 4) is 6.07 Å². The molecule has 0 aromatic carbocycles. The number of carbonyl (C=O) groups excluding carboxylic acids is 1. The Labute approximate surface area is 113 Å². The number of hydrogen-bond donors (Lipinski definition) is 0. The Morgan fingerprint density at radius 1 is 1.47 bits per heavy atom. The van der Waals surface area contributed by atoms with Crippen molar-refractivity contribution in [3.05, 3.63) is 47.8 Å². The van der Waals surface area contributed by atoms with E-state index in [2.05, 4.69) is 4.98 Å². The van der Waals surface area contributed by atoms with E-state index in [1.807, 2.05) is 44.1 Å². The molecule has 0 aliphatic carbocycles. The molecule has 0 saturated heterocycles. The van der Waals surface area contributed by atoms with Crippen LogP contribution < -0.4 is 4.90 Å². The minimum atomic E-state index is 0.209. The summed E-state index contributed by atoms with van der Waals surface area (Å²) in [7, 11) is 1.86. The first-order valence-corrected chi connectivity index (χ1v) is 6.01. The van der Waals surface area contributed by atoms with E-state index < -0.39 is 0 Å². The number of allylic oxidation sites excluding steroid dienone is 3. The third kappa shape index (κ3) is 4.40. The Balaban J connectivity index is 2.76. The van der Waals surface area contributed by atoms with Gasteiger partial charge in [0.2, 0.25) is 0 Å². The molecule has 0 atom stereocenters. The number of nitrogens with zero attached hydrogens (tertiary/aromatic N) is 3. The van der Waals surface area contributed by atoms with E-state index in [4.69, 9.17) is 5.26 Å². The molecule has 0 amide bonds. The topological polar surface area (TPSA) is 57.0 Å². The Morgan fingerprint density at radius 3 is 2.68 bits per heavy atom. The second kappa shape index (κ2) is 7.12. The lowest BCUT2D eigenvalue weighted by atomic mass is 10.0. The molecule has 0 saturated carbocycles. The van der Waals surface area contributed by atoms with Gasteiger partial charge in [0.15, 0.2) is 0 Å². The maximum absolute atomic E-state index is 10.8. The minimum absolute atomic E-state index is 0.209. The van der Waals surface area contributed by atoms with Crippen molar-refractivity contribution in [2.75, 3.05) is 11.9 Å². The highest BCUT2D eigenvalue weighted by molar-refractivity contribution is 5.74. The smallest absolute Gasteiger partial charge is 0.146 e. The Morgan fingerprint density at radius 2 is 2.21 bits per heavy atom. The van der Waals surface area contributed by atoms with Gasteiger partial charge in [0, 0.05) is 19.4 Å². The summed E-state index contributed by atoms with van der Waals surface area (Å²) < 4.78 is 0. The lowest BCUT2D eigenvalue weighted by molar-refractivity contribution is -0.105. The van der Waals surface area contributed by atoms with Crippen LogP contribution in [0.4, 0.5) is 5.82 Å². The fourth-order valence-electron chi connectivity index (χ4n) is 1.39. The second-order valence-corrected chi connectivity index (χ2v) is 4.41. The summed E-state index contributed by atoms with van der Waals surface area (Å²) in [6.07, 6.45) is 7.82. The summed E-state index contributed by atoms with van der Waals surface area (Å²) in [5.41, 5.74) is 1.28. The van der Waals surface area contributed by atoms with Gasteiger partial charge in [-0.2, -0.15) is 5.26 Å². The summed E-state index contributed by atoms with van der Waals surface area (Å²) >= 11 is 0. The van der Waals surface area contributed by atoms with Crippen LogP contribution in [0.15, 0.2) is 42.3 Å². The molecule has 1 aromatic rings. The molecular formula is C15H17N3O. The van der Waals surface area contributed by atoms with Crippen LogP contribution in [0.25, 0.3) is 0 Å². The predicted octanol–water partition coefficient (Wildman–Crippen LogP) is 2.68. The molecule has 0 spiro atoms. The van der Waals surface area contributed by atoms with Gasteiger partial charge in [-0.25, -0.2) is 4.98 Å². The molecule has 19 heavy (non-hydrogen) atoms. The van der Waals surface area contributed by atoms with E-state index in [0.29, 0.717) is 5.56 Å². The van der Waals surface area contributed by atoms with Crippen molar-refractivity contribution >= 4 is 12.1 Å². The van der Waals surface area contributed by atoms with Crippen LogP contribution in [0.5, 0.6) is 0 Å². The third-order valence-corrected chi connectivity index (χ3v) is 2.64. The number of nitriles is 1. The van der Waals surface area contributed by atoms with Gasteiger partial charge in [-0.1, -0.05) is 19.9 Å². The van der Waals surface area contributed by atoms with Crippen molar-refractivity contribution in [3.63, 3.8) is 0 Å². The SMILES string of the molecule is CC(C)/C(C=O)=C/C=C\N(C)c1ccc(C#N)cn1. The predicted molar refractivity (Wildman–Crippen MR) is 75.5 cm³/mol. The average molecular weight is 255 g/mol. The van der Waals surface area contributed by atoms with E-state index in [9.17, 15) is 4.79 Å². The fraction of sp³-hybridized carbons (Fsp3) is 0.267. The van der Waals surface area contributed by atoms with Gasteiger partial charge >= 0.3 is 0 Å². The highest BCUT2D eigenvalue weighted by Crippen LogP contribution is 2.10. The second-order valence-electron chi connectivity index (χ2n) is 4.41. The molecule has 1 aromatic heterocycles. The van der Waals surface area contributed by atoms with Crippen LogP contribution in [0.2, 0.25) is 0 Å². The van der Waals surface area contributed by atoms with Crippen molar-refractivity contribution < 1.29 is 4.79 Å². The molecule has 0 N–H and O–H groups in total. The number of rotatable bonds is 5. The number of aromatic nitrogens is 1. The minimum Gasteiger partial charge on any atom is -0.336 e. The maximum Gasteiger partial charge on any atom is 0.146 e. The normalized spacial score (nSPS) is 11.6. The van der Waals surface area contributed by atoms with Crippen LogP contribution in [0.1, 0.15) is 19.4 Å². The van der Waals surface area contributed by atoms with E-state index in [-0.39, 0.29) is 5.92 Å². The summed E-state index contributed by atoms with van der Waals surface area (Å²) in [6.45, 7) is 3.94. The van der Waals surface area contributed by atoms with Crippen LogP contribution in [0.3, 0.4) is 0 Å². The molecule has 0 unspecified atom stereocenters. The summed E-state index contributed by atoms with van der Waals surface area (Å²) in [6, 6.07) is 5.51. The zero-order chi connectivity index (χ0) is 14.3. The molecule has 0 aliphatic rings. The first-order chi connectivity index (χ1) is 9.08. The number of pyridine rings is 1. The van der Waals surface area contributed by atoms with Gasteiger partial charge in [-0.3, -0.25) is 4.79 Å². The van der Waals surface area contributed by atoms with E-state index in [1.165, 1.54) is 6.20 Å². The first-order valence-electron chi connectivity index (χ1n) is 6.01. The molecule has 98 valence electrons. The first kappa shape index (κ1) is 14.7. The molecule has 4 nitrogen and oxygen atoms in total. The zero-order valence-corrected chi connectivity index (χ0v) is 11.4. The van der Waals surface area contributed by atoms with Gasteiger partial charge in [0.05, 0.1) is 5.56 Å². The number of hydrogen-bond acceptors (Lipinski definition) is 4. The Bertz CT molecular complexity index is 521. The van der Waals surface area contributed by atoms with Gasteiger partial charge in [-0.05, 0) is 29.7 Å². The van der Waals surface area contributed by atoms with Crippen molar-refractivity contribution in [1.82, 2.24) is 4.98 Å². The fourth-order valence-corrected chi connectivity index (χ4v) is 1.39. The molecule has 0 fully saturated rings. The lowest BCUT2D eigenvalue weighted by Gasteiger charge is -2.12. The van der Waals surface area contributed by atoms with Crippen LogP contribution in [-0.4, -0.2) is 18.3 Å². The van der Waals surface area contributed by atoms with E-state index >= 15 is 0 Å². The molecular weight excluding hydrogens is 238 g/mol. The monoisotopic (exact) mass is 255 g/mol. The van der Waals surface area contributed by atoms with Crippen molar-refractivity contribution in [2.24, 2.45) is 5.92 Å². The molecule has 0 radical (unpaired) electrons. The molecule has 4 heteroatoms. The third-order valence-electron chi connectivity index (χ3n) is 2.64. The summed E-state index contributed by atoms with van der Waals surface area (Å²) in [5.74, 6) is 0.946. The average Bonchev–Trinajstić information content (AvgIpc) is 2.43. The summed E-state index contributed by atoms with van der Waals surface area (Å²) in [5, 5.41) is 8.69. The van der Waals surface area contributed by atoms with Gasteiger partial charge in [0.1, 0.15) is 18.2 Å². The highest BCUT2D eigenvalue weighted by Gasteiger charge is 2.00. The van der Waals surface area contributed by atoms with Gasteiger partial charge < -0.3 is 4.90 Å².